The average molecular weight is 380 g/mol. The van der Waals surface area contributed by atoms with Crippen LogP contribution in [0.3, 0.4) is 0 Å². The van der Waals surface area contributed by atoms with Gasteiger partial charge in [0.15, 0.2) is 9.84 Å². The fraction of sp³-hybridized carbons (Fsp3) is 0.412. The van der Waals surface area contributed by atoms with E-state index >= 15 is 0 Å². The number of nitrogens with one attached hydrogen (secondary N) is 1. The van der Waals surface area contributed by atoms with Gasteiger partial charge in [-0.3, -0.25) is 4.79 Å². The number of benzene rings is 1. The second kappa shape index (κ2) is 8.07. The van der Waals surface area contributed by atoms with Gasteiger partial charge in [-0.2, -0.15) is 0 Å². The predicted molar refractivity (Wildman–Crippen MR) is 96.5 cm³/mol. The summed E-state index contributed by atoms with van der Waals surface area (Å²) in [6, 6.07) is 10.1. The molecule has 6 nitrogen and oxygen atoms in total. The molecule has 8 heteroatoms. The van der Waals surface area contributed by atoms with Gasteiger partial charge in [-0.25, -0.2) is 13.4 Å². The van der Waals surface area contributed by atoms with Crippen molar-refractivity contribution in [2.24, 2.45) is 0 Å². The summed E-state index contributed by atoms with van der Waals surface area (Å²) in [6.07, 6.45) is 0.470. The summed E-state index contributed by atoms with van der Waals surface area (Å²) in [4.78, 5) is 16.5. The van der Waals surface area contributed by atoms with Crippen molar-refractivity contribution in [3.05, 3.63) is 52.0 Å². The van der Waals surface area contributed by atoms with Crippen LogP contribution in [-0.2, 0) is 32.2 Å². The molecule has 0 saturated carbocycles. The summed E-state index contributed by atoms with van der Waals surface area (Å²) in [5.74, 6) is -0.158. The number of amides is 1. The second-order valence-corrected chi connectivity index (χ2v) is 9.15. The minimum atomic E-state index is -3.05. The van der Waals surface area contributed by atoms with E-state index in [0.29, 0.717) is 0 Å². The molecule has 1 aliphatic rings. The zero-order valence-electron chi connectivity index (χ0n) is 13.7. The van der Waals surface area contributed by atoms with Gasteiger partial charge in [-0.15, -0.1) is 11.3 Å². The van der Waals surface area contributed by atoms with Gasteiger partial charge >= 0.3 is 0 Å². The minimum absolute atomic E-state index is 0.0365. The van der Waals surface area contributed by atoms with Gasteiger partial charge < -0.3 is 10.1 Å². The second-order valence-electron chi connectivity index (χ2n) is 5.98. The number of thiazole rings is 1. The molecule has 1 saturated heterocycles. The maximum Gasteiger partial charge on any atom is 0.226 e. The standard InChI is InChI=1S/C17H20N2O4S2/c20-16(18-10-15-12-25(21,22)7-6-23-15)9-14-11-24-17(19-14)8-13-4-2-1-3-5-13/h1-5,11,15H,6-10,12H2,(H,18,20). The maximum atomic E-state index is 12.0. The highest BCUT2D eigenvalue weighted by Crippen LogP contribution is 2.15. The highest BCUT2D eigenvalue weighted by molar-refractivity contribution is 7.91. The number of nitrogens with zero attached hydrogens (tertiary/aromatic N) is 1. The van der Waals surface area contributed by atoms with Crippen LogP contribution in [0, 0.1) is 0 Å². The van der Waals surface area contributed by atoms with Crippen molar-refractivity contribution in [3.63, 3.8) is 0 Å². The molecule has 1 amide bonds. The van der Waals surface area contributed by atoms with Crippen LogP contribution in [0.2, 0.25) is 0 Å². The molecule has 0 aliphatic carbocycles. The van der Waals surface area contributed by atoms with Gasteiger partial charge in [-0.1, -0.05) is 30.3 Å². The van der Waals surface area contributed by atoms with Crippen LogP contribution in [0.25, 0.3) is 0 Å². The predicted octanol–water partition coefficient (Wildman–Crippen LogP) is 1.21. The summed E-state index contributed by atoms with van der Waals surface area (Å²) in [7, 11) is -3.05. The van der Waals surface area contributed by atoms with E-state index in [0.717, 1.165) is 17.1 Å². The molecule has 0 spiro atoms. The lowest BCUT2D eigenvalue weighted by Crippen LogP contribution is -2.42. The number of ether oxygens (including phenoxy) is 1. The Labute approximate surface area is 151 Å². The van der Waals surface area contributed by atoms with Crippen molar-refractivity contribution in [1.29, 1.82) is 0 Å². The molecule has 1 aromatic heterocycles. The van der Waals surface area contributed by atoms with Crippen molar-refractivity contribution in [1.82, 2.24) is 10.3 Å². The van der Waals surface area contributed by atoms with Crippen LogP contribution in [0.5, 0.6) is 0 Å². The molecule has 0 radical (unpaired) electrons. The number of hydrogen-bond acceptors (Lipinski definition) is 6. The average Bonchev–Trinajstić information content (AvgIpc) is 3.00. The molecule has 0 bridgehead atoms. The molecule has 2 aromatic rings. The zero-order chi connectivity index (χ0) is 17.7. The third-order valence-electron chi connectivity index (χ3n) is 3.85. The highest BCUT2D eigenvalue weighted by Gasteiger charge is 2.25. The van der Waals surface area contributed by atoms with Gasteiger partial charge in [0, 0.05) is 18.3 Å². The van der Waals surface area contributed by atoms with E-state index < -0.39 is 15.9 Å². The first-order valence-electron chi connectivity index (χ1n) is 8.06. The first-order chi connectivity index (χ1) is 12.0. The van der Waals surface area contributed by atoms with Gasteiger partial charge in [-0.05, 0) is 5.56 Å². The van der Waals surface area contributed by atoms with E-state index in [9.17, 15) is 13.2 Å². The first kappa shape index (κ1) is 18.0. The first-order valence-corrected chi connectivity index (χ1v) is 10.8. The van der Waals surface area contributed by atoms with Crippen LogP contribution in [0.1, 0.15) is 16.3 Å². The Morgan fingerprint density at radius 2 is 2.12 bits per heavy atom. The third kappa shape index (κ3) is 5.62. The molecule has 134 valence electrons. The number of hydrogen-bond donors (Lipinski definition) is 1. The monoisotopic (exact) mass is 380 g/mol. The lowest BCUT2D eigenvalue weighted by Gasteiger charge is -2.22. The van der Waals surface area contributed by atoms with E-state index in [4.69, 9.17) is 4.74 Å². The van der Waals surface area contributed by atoms with Crippen molar-refractivity contribution < 1.29 is 17.9 Å². The lowest BCUT2D eigenvalue weighted by molar-refractivity contribution is -0.121. The molecule has 1 atom stereocenters. The number of sulfone groups is 1. The fourth-order valence-electron chi connectivity index (χ4n) is 2.61. The summed E-state index contributed by atoms with van der Waals surface area (Å²) >= 11 is 1.54. The van der Waals surface area contributed by atoms with Gasteiger partial charge in [0.1, 0.15) is 0 Å². The maximum absolute atomic E-state index is 12.0. The third-order valence-corrected chi connectivity index (χ3v) is 6.42. The Balaban J connectivity index is 1.47. The number of carbonyl (C=O) groups excluding carboxylic acids is 1. The normalized spacial score (nSPS) is 19.4. The minimum Gasteiger partial charge on any atom is -0.374 e. The molecule has 2 heterocycles. The Morgan fingerprint density at radius 1 is 1.32 bits per heavy atom. The van der Waals surface area contributed by atoms with E-state index in [1.54, 1.807) is 0 Å². The quantitative estimate of drug-likeness (QED) is 0.814. The van der Waals surface area contributed by atoms with E-state index in [1.165, 1.54) is 16.9 Å². The Kier molecular flexibility index (Phi) is 5.82. The van der Waals surface area contributed by atoms with Crippen molar-refractivity contribution >= 4 is 27.1 Å². The molecule has 3 rings (SSSR count). The van der Waals surface area contributed by atoms with Gasteiger partial charge in [0.25, 0.3) is 0 Å². The molecule has 1 fully saturated rings. The number of rotatable bonds is 6. The molecule has 1 N–H and O–H groups in total. The van der Waals surface area contributed by atoms with Crippen molar-refractivity contribution in [2.75, 3.05) is 24.7 Å². The van der Waals surface area contributed by atoms with Crippen molar-refractivity contribution in [3.8, 4) is 0 Å². The van der Waals surface area contributed by atoms with Gasteiger partial charge in [0.2, 0.25) is 5.91 Å². The molecule has 1 unspecified atom stereocenters. The number of aromatic nitrogens is 1. The fourth-order valence-corrected chi connectivity index (χ4v) is 4.74. The smallest absolute Gasteiger partial charge is 0.226 e. The summed E-state index contributed by atoms with van der Waals surface area (Å²) in [5.41, 5.74) is 1.91. The van der Waals surface area contributed by atoms with Crippen LogP contribution in [-0.4, -0.2) is 50.1 Å². The molecular weight excluding hydrogens is 360 g/mol. The van der Waals surface area contributed by atoms with E-state index in [2.05, 4.69) is 10.3 Å². The summed E-state index contributed by atoms with van der Waals surface area (Å²) in [6.45, 7) is 0.400. The lowest BCUT2D eigenvalue weighted by atomic mass is 10.2. The molecular formula is C17H20N2O4S2. The molecule has 1 aliphatic heterocycles. The molecule has 1 aromatic carbocycles. The Hall–Kier alpha value is -1.77. The van der Waals surface area contributed by atoms with E-state index in [1.807, 2.05) is 35.7 Å². The SMILES string of the molecule is O=C(Cc1csc(Cc2ccccc2)n1)NCC1CS(=O)(=O)CCO1. The Bertz CT molecular complexity index is 818. The van der Waals surface area contributed by atoms with Crippen molar-refractivity contribution in [2.45, 2.75) is 18.9 Å². The van der Waals surface area contributed by atoms with Crippen LogP contribution in [0.15, 0.2) is 35.7 Å². The highest BCUT2D eigenvalue weighted by atomic mass is 32.2. The van der Waals surface area contributed by atoms with Crippen LogP contribution >= 0.6 is 11.3 Å². The summed E-state index contributed by atoms with van der Waals surface area (Å²) < 4.78 is 28.5. The Morgan fingerprint density at radius 3 is 2.88 bits per heavy atom. The topological polar surface area (TPSA) is 85.4 Å². The largest absolute Gasteiger partial charge is 0.374 e. The number of carbonyl (C=O) groups is 1. The van der Waals surface area contributed by atoms with Gasteiger partial charge in [0.05, 0.1) is 41.3 Å². The summed E-state index contributed by atoms with van der Waals surface area (Å²) in [5, 5.41) is 5.59. The van der Waals surface area contributed by atoms with Crippen LogP contribution < -0.4 is 5.32 Å². The van der Waals surface area contributed by atoms with Crippen LogP contribution in [0.4, 0.5) is 0 Å². The molecule has 25 heavy (non-hydrogen) atoms. The zero-order valence-corrected chi connectivity index (χ0v) is 15.3. The van der Waals surface area contributed by atoms with E-state index in [-0.39, 0.29) is 37.0 Å².